The third kappa shape index (κ3) is 3.11. The van der Waals surface area contributed by atoms with E-state index in [1.807, 2.05) is 6.92 Å². The number of nitrogens with two attached hydrogens (primary N) is 1. The van der Waals surface area contributed by atoms with Gasteiger partial charge in [0.1, 0.15) is 0 Å². The fraction of sp³-hybridized carbons (Fsp3) is 0.364. The third-order valence-electron chi connectivity index (χ3n) is 2.32. The molecule has 3 nitrogen and oxygen atoms in total. The highest BCUT2D eigenvalue weighted by Crippen LogP contribution is 2.25. The summed E-state index contributed by atoms with van der Waals surface area (Å²) in [6, 6.07) is 5.28. The van der Waals surface area contributed by atoms with Crippen LogP contribution in [-0.2, 0) is 11.3 Å². The minimum atomic E-state index is -0.113. The van der Waals surface area contributed by atoms with Gasteiger partial charge in [-0.15, -0.1) is 0 Å². The minimum Gasteiger partial charge on any atom is -0.337 e. The quantitative estimate of drug-likeness (QED) is 0.903. The Morgan fingerprint density at radius 3 is 2.38 bits per heavy atom. The Labute approximate surface area is 105 Å². The number of rotatable bonds is 4. The molecule has 0 saturated heterocycles. The van der Waals surface area contributed by atoms with E-state index in [0.717, 1.165) is 5.56 Å². The maximum atomic E-state index is 11.5. The van der Waals surface area contributed by atoms with Crippen LogP contribution >= 0.6 is 23.2 Å². The van der Waals surface area contributed by atoms with E-state index in [9.17, 15) is 4.79 Å². The number of nitrogens with zero attached hydrogens (tertiary/aromatic N) is 1. The van der Waals surface area contributed by atoms with Crippen molar-refractivity contribution in [1.82, 2.24) is 4.90 Å². The largest absolute Gasteiger partial charge is 0.337 e. The summed E-state index contributed by atoms with van der Waals surface area (Å²) >= 11 is 12.0. The van der Waals surface area contributed by atoms with Crippen LogP contribution in [0.1, 0.15) is 12.5 Å². The first-order valence-corrected chi connectivity index (χ1v) is 5.76. The number of amides is 1. The second kappa shape index (κ2) is 6.09. The molecule has 16 heavy (non-hydrogen) atoms. The van der Waals surface area contributed by atoms with Crippen LogP contribution in [-0.4, -0.2) is 23.9 Å². The number of halogens is 2. The zero-order valence-electron chi connectivity index (χ0n) is 9.04. The standard InChI is InChI=1S/C11H14Cl2N2O/c1-2-15(11(16)6-14)7-8-9(12)4-3-5-10(8)13/h3-5H,2,6-7,14H2,1H3. The van der Waals surface area contributed by atoms with E-state index in [-0.39, 0.29) is 12.5 Å². The van der Waals surface area contributed by atoms with Gasteiger partial charge in [-0.3, -0.25) is 4.79 Å². The average molecular weight is 261 g/mol. The first kappa shape index (κ1) is 13.3. The smallest absolute Gasteiger partial charge is 0.236 e. The maximum Gasteiger partial charge on any atom is 0.236 e. The fourth-order valence-corrected chi connectivity index (χ4v) is 1.90. The molecule has 5 heteroatoms. The van der Waals surface area contributed by atoms with Crippen LogP contribution < -0.4 is 5.73 Å². The molecule has 1 aromatic rings. The van der Waals surface area contributed by atoms with Crippen molar-refractivity contribution < 1.29 is 4.79 Å². The van der Waals surface area contributed by atoms with Gasteiger partial charge < -0.3 is 10.6 Å². The van der Waals surface area contributed by atoms with Crippen molar-refractivity contribution in [2.24, 2.45) is 5.73 Å². The molecule has 88 valence electrons. The normalized spacial score (nSPS) is 10.2. The van der Waals surface area contributed by atoms with Gasteiger partial charge >= 0.3 is 0 Å². The summed E-state index contributed by atoms with van der Waals surface area (Å²) in [5, 5.41) is 1.13. The van der Waals surface area contributed by atoms with Gasteiger partial charge in [-0.1, -0.05) is 29.3 Å². The lowest BCUT2D eigenvalue weighted by Gasteiger charge is -2.21. The lowest BCUT2D eigenvalue weighted by Crippen LogP contribution is -2.35. The lowest BCUT2D eigenvalue weighted by atomic mass is 10.2. The zero-order chi connectivity index (χ0) is 12.1. The summed E-state index contributed by atoms with van der Waals surface area (Å²) in [5.74, 6) is -0.113. The van der Waals surface area contributed by atoms with Crippen molar-refractivity contribution in [3.8, 4) is 0 Å². The molecule has 0 spiro atoms. The van der Waals surface area contributed by atoms with Gasteiger partial charge in [0.2, 0.25) is 5.91 Å². The number of hydrogen-bond donors (Lipinski definition) is 1. The van der Waals surface area contributed by atoms with Gasteiger partial charge in [0.25, 0.3) is 0 Å². The third-order valence-corrected chi connectivity index (χ3v) is 3.03. The summed E-state index contributed by atoms with van der Waals surface area (Å²) in [7, 11) is 0. The Balaban J connectivity index is 2.90. The first-order valence-electron chi connectivity index (χ1n) is 5.00. The fourth-order valence-electron chi connectivity index (χ4n) is 1.38. The SMILES string of the molecule is CCN(Cc1c(Cl)cccc1Cl)C(=O)CN. The van der Waals surface area contributed by atoms with Crippen LogP contribution in [0.4, 0.5) is 0 Å². The predicted molar refractivity (Wildman–Crippen MR) is 66.6 cm³/mol. The molecule has 1 rings (SSSR count). The van der Waals surface area contributed by atoms with Gasteiger partial charge in [-0.25, -0.2) is 0 Å². The van der Waals surface area contributed by atoms with Gasteiger partial charge in [0.05, 0.1) is 6.54 Å². The van der Waals surface area contributed by atoms with Crippen LogP contribution in [0.25, 0.3) is 0 Å². The maximum absolute atomic E-state index is 11.5. The van der Waals surface area contributed by atoms with E-state index in [4.69, 9.17) is 28.9 Å². The van der Waals surface area contributed by atoms with Gasteiger partial charge in [-0.2, -0.15) is 0 Å². The predicted octanol–water partition coefficient (Wildman–Crippen LogP) is 2.30. The molecule has 0 atom stereocenters. The molecule has 0 aliphatic carbocycles. The van der Waals surface area contributed by atoms with E-state index < -0.39 is 0 Å². The Kier molecular flexibility index (Phi) is 5.06. The summed E-state index contributed by atoms with van der Waals surface area (Å²) in [4.78, 5) is 13.1. The molecular formula is C11H14Cl2N2O. The van der Waals surface area contributed by atoms with Crippen LogP contribution in [0.15, 0.2) is 18.2 Å². The van der Waals surface area contributed by atoms with Crippen LogP contribution in [0.3, 0.4) is 0 Å². The molecule has 0 unspecified atom stereocenters. The minimum absolute atomic E-state index is 0.00406. The monoisotopic (exact) mass is 260 g/mol. The molecule has 0 aliphatic rings. The number of carbonyl (C=O) groups is 1. The van der Waals surface area contributed by atoms with E-state index >= 15 is 0 Å². The number of benzene rings is 1. The summed E-state index contributed by atoms with van der Waals surface area (Å²) in [5.41, 5.74) is 6.08. The summed E-state index contributed by atoms with van der Waals surface area (Å²) in [6.45, 7) is 2.86. The Hall–Kier alpha value is -0.770. The average Bonchev–Trinajstić information content (AvgIpc) is 2.28. The van der Waals surface area contributed by atoms with Crippen molar-refractivity contribution in [2.75, 3.05) is 13.1 Å². The lowest BCUT2D eigenvalue weighted by molar-refractivity contribution is -0.130. The highest BCUT2D eigenvalue weighted by atomic mass is 35.5. The van der Waals surface area contributed by atoms with E-state index in [0.29, 0.717) is 23.1 Å². The highest BCUT2D eigenvalue weighted by Gasteiger charge is 2.14. The molecule has 1 aromatic carbocycles. The summed E-state index contributed by atoms with van der Waals surface area (Å²) in [6.07, 6.45) is 0. The van der Waals surface area contributed by atoms with Crippen molar-refractivity contribution in [3.63, 3.8) is 0 Å². The van der Waals surface area contributed by atoms with Crippen molar-refractivity contribution in [3.05, 3.63) is 33.8 Å². The zero-order valence-corrected chi connectivity index (χ0v) is 10.6. The van der Waals surface area contributed by atoms with Gasteiger partial charge in [-0.05, 0) is 19.1 Å². The highest BCUT2D eigenvalue weighted by molar-refractivity contribution is 6.36. The van der Waals surface area contributed by atoms with E-state index in [1.54, 1.807) is 23.1 Å². The number of likely N-dealkylation sites (N-methyl/N-ethyl adjacent to an activating group) is 1. The molecule has 0 saturated carbocycles. The van der Waals surface area contributed by atoms with E-state index in [2.05, 4.69) is 0 Å². The Bertz CT molecular complexity index is 362. The van der Waals surface area contributed by atoms with Crippen molar-refractivity contribution in [1.29, 1.82) is 0 Å². The number of carbonyl (C=O) groups excluding carboxylic acids is 1. The molecule has 0 bridgehead atoms. The Morgan fingerprint density at radius 2 is 1.94 bits per heavy atom. The van der Waals surface area contributed by atoms with E-state index in [1.165, 1.54) is 0 Å². The Morgan fingerprint density at radius 1 is 1.38 bits per heavy atom. The number of hydrogen-bond acceptors (Lipinski definition) is 2. The molecular weight excluding hydrogens is 247 g/mol. The van der Waals surface area contributed by atoms with Gasteiger partial charge in [0.15, 0.2) is 0 Å². The molecule has 0 heterocycles. The van der Waals surface area contributed by atoms with Crippen LogP contribution in [0.5, 0.6) is 0 Å². The van der Waals surface area contributed by atoms with Crippen molar-refractivity contribution in [2.45, 2.75) is 13.5 Å². The topological polar surface area (TPSA) is 46.3 Å². The molecule has 2 N–H and O–H groups in total. The molecule has 0 fully saturated rings. The summed E-state index contributed by atoms with van der Waals surface area (Å²) < 4.78 is 0. The molecule has 1 amide bonds. The molecule has 0 aliphatic heterocycles. The van der Waals surface area contributed by atoms with Crippen LogP contribution in [0.2, 0.25) is 10.0 Å². The second-order valence-electron chi connectivity index (χ2n) is 3.31. The molecule has 0 aromatic heterocycles. The first-order chi connectivity index (χ1) is 7.60. The molecule has 0 radical (unpaired) electrons. The van der Waals surface area contributed by atoms with Crippen LogP contribution in [0, 0.1) is 0 Å². The second-order valence-corrected chi connectivity index (χ2v) is 4.13. The van der Waals surface area contributed by atoms with Gasteiger partial charge in [0, 0.05) is 28.7 Å². The van der Waals surface area contributed by atoms with Crippen molar-refractivity contribution >= 4 is 29.1 Å².